The van der Waals surface area contributed by atoms with Gasteiger partial charge in [-0.1, -0.05) is 24.4 Å². The molecule has 2 aromatic rings. The zero-order valence-electron chi connectivity index (χ0n) is 10.5. The number of rotatable bonds is 2. The molecule has 0 aromatic carbocycles. The highest BCUT2D eigenvalue weighted by Gasteiger charge is 2.35. The Labute approximate surface area is 105 Å². The Morgan fingerprint density at radius 2 is 2.06 bits per heavy atom. The van der Waals surface area contributed by atoms with Crippen molar-refractivity contribution in [3.8, 4) is 11.6 Å². The number of hydrogen-bond donors (Lipinski definition) is 1. The molecule has 0 amide bonds. The van der Waals surface area contributed by atoms with Gasteiger partial charge in [0, 0.05) is 0 Å². The monoisotopic (exact) mass is 247 g/mol. The topological polar surface area (TPSA) is 78.1 Å². The summed E-state index contributed by atoms with van der Waals surface area (Å²) in [6, 6.07) is 1.88. The SMILES string of the molecule is Cc1ccoc1-c1noc(C2(N)CCCCC2)n1. The summed E-state index contributed by atoms with van der Waals surface area (Å²) in [7, 11) is 0. The van der Waals surface area contributed by atoms with E-state index in [9.17, 15) is 0 Å². The molecule has 0 atom stereocenters. The minimum atomic E-state index is -0.454. The van der Waals surface area contributed by atoms with Gasteiger partial charge in [0.25, 0.3) is 0 Å². The molecule has 18 heavy (non-hydrogen) atoms. The number of aryl methyl sites for hydroxylation is 1. The van der Waals surface area contributed by atoms with Gasteiger partial charge in [-0.25, -0.2) is 0 Å². The summed E-state index contributed by atoms with van der Waals surface area (Å²) in [4.78, 5) is 4.41. The van der Waals surface area contributed by atoms with Crippen LogP contribution in [0.2, 0.25) is 0 Å². The zero-order chi connectivity index (χ0) is 12.6. The summed E-state index contributed by atoms with van der Waals surface area (Å²) in [5.74, 6) is 1.68. The van der Waals surface area contributed by atoms with Crippen LogP contribution in [0.4, 0.5) is 0 Å². The third-order valence-electron chi connectivity index (χ3n) is 3.66. The fourth-order valence-electron chi connectivity index (χ4n) is 2.52. The second-order valence-electron chi connectivity index (χ2n) is 5.07. The molecule has 0 aliphatic heterocycles. The Morgan fingerprint density at radius 3 is 2.72 bits per heavy atom. The van der Waals surface area contributed by atoms with E-state index in [1.54, 1.807) is 6.26 Å². The summed E-state index contributed by atoms with van der Waals surface area (Å²) in [6.07, 6.45) is 6.91. The molecule has 0 spiro atoms. The Hall–Kier alpha value is -1.62. The molecule has 2 N–H and O–H groups in total. The zero-order valence-corrected chi connectivity index (χ0v) is 10.5. The molecule has 2 heterocycles. The highest BCUT2D eigenvalue weighted by Crippen LogP contribution is 2.34. The number of nitrogens with two attached hydrogens (primary N) is 1. The molecule has 5 nitrogen and oxygen atoms in total. The van der Waals surface area contributed by atoms with E-state index in [2.05, 4.69) is 10.1 Å². The van der Waals surface area contributed by atoms with Crippen LogP contribution in [-0.2, 0) is 5.54 Å². The van der Waals surface area contributed by atoms with Crippen LogP contribution >= 0.6 is 0 Å². The maximum atomic E-state index is 6.36. The van der Waals surface area contributed by atoms with Crippen LogP contribution in [0.5, 0.6) is 0 Å². The molecule has 0 unspecified atom stereocenters. The molecule has 1 aliphatic carbocycles. The minimum absolute atomic E-state index is 0.454. The number of furan rings is 1. The highest BCUT2D eigenvalue weighted by molar-refractivity contribution is 5.51. The molecule has 0 bridgehead atoms. The van der Waals surface area contributed by atoms with Gasteiger partial charge in [0.15, 0.2) is 5.76 Å². The van der Waals surface area contributed by atoms with E-state index in [1.807, 2.05) is 13.0 Å². The fraction of sp³-hybridized carbons (Fsp3) is 0.538. The van der Waals surface area contributed by atoms with Crippen molar-refractivity contribution in [2.45, 2.75) is 44.6 Å². The van der Waals surface area contributed by atoms with Gasteiger partial charge in [0.1, 0.15) is 0 Å². The van der Waals surface area contributed by atoms with Crippen LogP contribution in [0.3, 0.4) is 0 Å². The summed E-state index contributed by atoms with van der Waals surface area (Å²) < 4.78 is 10.7. The molecule has 96 valence electrons. The van der Waals surface area contributed by atoms with Crippen molar-refractivity contribution >= 4 is 0 Å². The average Bonchev–Trinajstić information content (AvgIpc) is 2.98. The first-order valence-corrected chi connectivity index (χ1v) is 6.37. The molecule has 1 aliphatic rings. The first-order valence-electron chi connectivity index (χ1n) is 6.37. The second kappa shape index (κ2) is 4.24. The molecule has 2 aromatic heterocycles. The first-order chi connectivity index (χ1) is 8.69. The maximum absolute atomic E-state index is 6.36. The summed E-state index contributed by atoms with van der Waals surface area (Å²) in [6.45, 7) is 1.95. The number of hydrogen-bond acceptors (Lipinski definition) is 5. The molecular weight excluding hydrogens is 230 g/mol. The minimum Gasteiger partial charge on any atom is -0.461 e. The van der Waals surface area contributed by atoms with E-state index < -0.39 is 5.54 Å². The smallest absolute Gasteiger partial charge is 0.247 e. The van der Waals surface area contributed by atoms with E-state index in [0.717, 1.165) is 31.2 Å². The molecular formula is C13H17N3O2. The van der Waals surface area contributed by atoms with Crippen molar-refractivity contribution in [2.24, 2.45) is 5.73 Å². The molecule has 1 fully saturated rings. The third-order valence-corrected chi connectivity index (χ3v) is 3.66. The molecule has 0 radical (unpaired) electrons. The van der Waals surface area contributed by atoms with E-state index >= 15 is 0 Å². The van der Waals surface area contributed by atoms with Gasteiger partial charge in [-0.2, -0.15) is 4.98 Å². The van der Waals surface area contributed by atoms with Crippen molar-refractivity contribution in [3.05, 3.63) is 23.8 Å². The lowest BCUT2D eigenvalue weighted by Gasteiger charge is -2.29. The van der Waals surface area contributed by atoms with Gasteiger partial charge in [-0.3, -0.25) is 0 Å². The van der Waals surface area contributed by atoms with Crippen LogP contribution in [-0.4, -0.2) is 10.1 Å². The van der Waals surface area contributed by atoms with Crippen LogP contribution in [0.15, 0.2) is 21.3 Å². The van der Waals surface area contributed by atoms with Crippen LogP contribution in [0.1, 0.15) is 43.6 Å². The first kappa shape index (κ1) is 11.5. The lowest BCUT2D eigenvalue weighted by molar-refractivity contribution is 0.220. The van der Waals surface area contributed by atoms with Crippen LogP contribution < -0.4 is 5.73 Å². The van der Waals surface area contributed by atoms with E-state index in [1.165, 1.54) is 6.42 Å². The van der Waals surface area contributed by atoms with Gasteiger partial charge < -0.3 is 14.7 Å². The Morgan fingerprint density at radius 1 is 1.28 bits per heavy atom. The lowest BCUT2D eigenvalue weighted by Crippen LogP contribution is -2.38. The number of aromatic nitrogens is 2. The quantitative estimate of drug-likeness (QED) is 0.882. The van der Waals surface area contributed by atoms with Gasteiger partial charge in [-0.05, 0) is 31.4 Å². The number of nitrogens with zero attached hydrogens (tertiary/aromatic N) is 2. The largest absolute Gasteiger partial charge is 0.461 e. The predicted octanol–water partition coefficient (Wildman–Crippen LogP) is 2.76. The summed E-state index contributed by atoms with van der Waals surface area (Å²) in [5.41, 5.74) is 6.90. The Balaban J connectivity index is 1.92. The van der Waals surface area contributed by atoms with E-state index in [-0.39, 0.29) is 0 Å². The lowest BCUT2D eigenvalue weighted by atomic mass is 9.82. The fourth-order valence-corrected chi connectivity index (χ4v) is 2.52. The Kier molecular flexibility index (Phi) is 2.70. The molecule has 3 rings (SSSR count). The molecule has 1 saturated carbocycles. The van der Waals surface area contributed by atoms with Gasteiger partial charge >= 0.3 is 0 Å². The van der Waals surface area contributed by atoms with Crippen molar-refractivity contribution in [1.82, 2.24) is 10.1 Å². The van der Waals surface area contributed by atoms with Crippen molar-refractivity contribution < 1.29 is 8.94 Å². The predicted molar refractivity (Wildman–Crippen MR) is 65.7 cm³/mol. The van der Waals surface area contributed by atoms with Crippen molar-refractivity contribution in [1.29, 1.82) is 0 Å². The van der Waals surface area contributed by atoms with Gasteiger partial charge in [0.2, 0.25) is 11.7 Å². The summed E-state index contributed by atoms with van der Waals surface area (Å²) >= 11 is 0. The Bertz CT molecular complexity index is 538. The van der Waals surface area contributed by atoms with Crippen molar-refractivity contribution in [2.75, 3.05) is 0 Å². The summed E-state index contributed by atoms with van der Waals surface area (Å²) in [5, 5.41) is 3.98. The van der Waals surface area contributed by atoms with Crippen LogP contribution in [0, 0.1) is 6.92 Å². The maximum Gasteiger partial charge on any atom is 0.247 e. The standard InChI is InChI=1S/C13H17N3O2/c1-9-5-8-17-10(9)11-15-12(18-16-11)13(14)6-3-2-4-7-13/h5,8H,2-4,6-7,14H2,1H3. The highest BCUT2D eigenvalue weighted by atomic mass is 16.5. The normalized spacial score (nSPS) is 19.0. The molecule has 5 heteroatoms. The average molecular weight is 247 g/mol. The van der Waals surface area contributed by atoms with Gasteiger partial charge in [0.05, 0.1) is 11.8 Å². The van der Waals surface area contributed by atoms with E-state index in [4.69, 9.17) is 14.7 Å². The van der Waals surface area contributed by atoms with Crippen molar-refractivity contribution in [3.63, 3.8) is 0 Å². The van der Waals surface area contributed by atoms with Crippen LogP contribution in [0.25, 0.3) is 11.6 Å². The second-order valence-corrected chi connectivity index (χ2v) is 5.07. The van der Waals surface area contributed by atoms with Gasteiger partial charge in [-0.15, -0.1) is 0 Å². The molecule has 0 saturated heterocycles. The third kappa shape index (κ3) is 1.84. The van der Waals surface area contributed by atoms with E-state index in [0.29, 0.717) is 17.5 Å².